The third kappa shape index (κ3) is 22.0. The minimum absolute atomic E-state index is 0.0698. The lowest BCUT2D eigenvalue weighted by atomic mass is 10.1. The lowest BCUT2D eigenvalue weighted by Crippen LogP contribution is -2.33. The fourth-order valence-corrected chi connectivity index (χ4v) is 2.50. The van der Waals surface area contributed by atoms with Gasteiger partial charge in [0.1, 0.15) is 0 Å². The molecule has 0 aliphatic heterocycles. The zero-order valence-electron chi connectivity index (χ0n) is 20.1. The molecule has 0 heterocycles. The maximum Gasteiger partial charge on any atom is 0.219 e. The first kappa shape index (κ1) is 29.9. The highest BCUT2D eigenvalue weighted by Crippen LogP contribution is 2.06. The Morgan fingerprint density at radius 2 is 1.63 bits per heavy atom. The number of benzene rings is 1. The topological polar surface area (TPSA) is 75.4 Å². The molecule has 5 heteroatoms. The molecule has 0 bridgehead atoms. The summed E-state index contributed by atoms with van der Waals surface area (Å²) in [5, 5.41) is 2.53. The molecular formula is C25H45N3O2. The highest BCUT2D eigenvalue weighted by Gasteiger charge is 2.08. The number of anilines is 1. The summed E-state index contributed by atoms with van der Waals surface area (Å²) in [5.41, 5.74) is 6.85. The smallest absolute Gasteiger partial charge is 0.219 e. The van der Waals surface area contributed by atoms with Gasteiger partial charge in [0.25, 0.3) is 0 Å². The van der Waals surface area contributed by atoms with E-state index in [-0.39, 0.29) is 5.91 Å². The van der Waals surface area contributed by atoms with Crippen molar-refractivity contribution in [1.82, 2.24) is 4.90 Å². The summed E-state index contributed by atoms with van der Waals surface area (Å²) in [5.74, 6) is 1.66. The largest absolute Gasteiger partial charge is 0.401 e. The predicted octanol–water partition coefficient (Wildman–Crippen LogP) is 5.83. The SMILES string of the molecule is C=C(N)CN(CCCC(C)C)C(C)=O.CCCCC(C)C.O=CNc1ccccc1. The monoisotopic (exact) mass is 419 g/mol. The van der Waals surface area contributed by atoms with Gasteiger partial charge in [-0.2, -0.15) is 0 Å². The van der Waals surface area contributed by atoms with Crippen molar-refractivity contribution in [3.63, 3.8) is 0 Å². The Morgan fingerprint density at radius 1 is 1.10 bits per heavy atom. The molecule has 0 spiro atoms. The predicted molar refractivity (Wildman–Crippen MR) is 130 cm³/mol. The average molecular weight is 420 g/mol. The first-order chi connectivity index (χ1) is 14.1. The molecule has 1 aromatic carbocycles. The molecule has 0 aliphatic carbocycles. The minimum atomic E-state index is 0.0698. The van der Waals surface area contributed by atoms with Crippen LogP contribution in [0.4, 0.5) is 5.69 Å². The van der Waals surface area contributed by atoms with Crippen molar-refractivity contribution in [3.05, 3.63) is 42.6 Å². The molecule has 3 N–H and O–H groups in total. The van der Waals surface area contributed by atoms with Crippen molar-refractivity contribution in [1.29, 1.82) is 0 Å². The molecule has 0 aromatic heterocycles. The second kappa shape index (κ2) is 20.0. The number of amides is 2. The van der Waals surface area contributed by atoms with Crippen molar-refractivity contribution in [2.24, 2.45) is 17.6 Å². The van der Waals surface area contributed by atoms with Crippen LogP contribution in [0.25, 0.3) is 0 Å². The van der Waals surface area contributed by atoms with E-state index >= 15 is 0 Å². The molecule has 0 radical (unpaired) electrons. The van der Waals surface area contributed by atoms with E-state index in [1.54, 1.807) is 11.8 Å². The third-order valence-corrected chi connectivity index (χ3v) is 4.18. The minimum Gasteiger partial charge on any atom is -0.401 e. The molecular weight excluding hydrogens is 374 g/mol. The number of hydrogen-bond acceptors (Lipinski definition) is 3. The first-order valence-corrected chi connectivity index (χ1v) is 11.1. The van der Waals surface area contributed by atoms with E-state index < -0.39 is 0 Å². The van der Waals surface area contributed by atoms with Crippen LogP contribution in [0.1, 0.15) is 73.6 Å². The molecule has 0 unspecified atom stereocenters. The van der Waals surface area contributed by atoms with E-state index in [1.807, 2.05) is 30.3 Å². The van der Waals surface area contributed by atoms with Gasteiger partial charge in [0, 0.05) is 24.9 Å². The van der Waals surface area contributed by atoms with Gasteiger partial charge in [0.2, 0.25) is 12.3 Å². The van der Waals surface area contributed by atoms with E-state index in [0.29, 0.717) is 24.6 Å². The Labute approximate surface area is 185 Å². The number of nitrogens with two attached hydrogens (primary N) is 1. The Kier molecular flexibility index (Phi) is 19.9. The number of unbranched alkanes of at least 4 members (excludes halogenated alkanes) is 1. The van der Waals surface area contributed by atoms with Crippen LogP contribution in [0.3, 0.4) is 0 Å². The Morgan fingerprint density at radius 3 is 2.00 bits per heavy atom. The normalized spacial score (nSPS) is 9.73. The third-order valence-electron chi connectivity index (χ3n) is 4.18. The van der Waals surface area contributed by atoms with Gasteiger partial charge >= 0.3 is 0 Å². The molecule has 0 atom stereocenters. The molecule has 2 amide bonds. The number of nitrogens with one attached hydrogen (secondary N) is 1. The van der Waals surface area contributed by atoms with Crippen molar-refractivity contribution < 1.29 is 9.59 Å². The highest BCUT2D eigenvalue weighted by molar-refractivity contribution is 5.73. The highest BCUT2D eigenvalue weighted by atomic mass is 16.2. The molecule has 0 fully saturated rings. The number of hydrogen-bond donors (Lipinski definition) is 2. The standard InChI is InChI=1S/C11H22N2O.C7H7NO.C7H16/c1-9(2)6-5-7-13(11(4)14)8-10(3)12;9-6-8-7-4-2-1-3-5-7;1-4-5-6-7(2)3/h9H,3,5-8,12H2,1-2,4H3;1-6H,(H,8,9);7H,4-6H2,1-3H3. The molecule has 0 saturated heterocycles. The van der Waals surface area contributed by atoms with Crippen LogP contribution in [0.2, 0.25) is 0 Å². The molecule has 0 aliphatic rings. The number of para-hydroxylation sites is 1. The Hall–Kier alpha value is -2.30. The molecule has 1 aromatic rings. The second-order valence-electron chi connectivity index (χ2n) is 8.30. The van der Waals surface area contributed by atoms with Gasteiger partial charge in [0.05, 0.1) is 6.54 Å². The van der Waals surface area contributed by atoms with Crippen molar-refractivity contribution in [2.75, 3.05) is 18.4 Å². The summed E-state index contributed by atoms with van der Waals surface area (Å²) in [7, 11) is 0. The van der Waals surface area contributed by atoms with Crippen LogP contribution < -0.4 is 11.1 Å². The first-order valence-electron chi connectivity index (χ1n) is 11.1. The molecule has 5 nitrogen and oxygen atoms in total. The average Bonchev–Trinajstić information content (AvgIpc) is 2.67. The number of carbonyl (C=O) groups is 2. The summed E-state index contributed by atoms with van der Waals surface area (Å²) in [6.07, 6.45) is 6.98. The zero-order valence-corrected chi connectivity index (χ0v) is 20.1. The van der Waals surface area contributed by atoms with E-state index in [9.17, 15) is 9.59 Å². The van der Waals surface area contributed by atoms with Gasteiger partial charge in [-0.25, -0.2) is 0 Å². The summed E-state index contributed by atoms with van der Waals surface area (Å²) in [4.78, 5) is 22.8. The van der Waals surface area contributed by atoms with Gasteiger partial charge in [-0.1, -0.05) is 78.7 Å². The van der Waals surface area contributed by atoms with E-state index in [4.69, 9.17) is 5.73 Å². The maximum absolute atomic E-state index is 11.2. The van der Waals surface area contributed by atoms with Crippen LogP contribution in [-0.4, -0.2) is 30.3 Å². The lowest BCUT2D eigenvalue weighted by molar-refractivity contribution is -0.128. The van der Waals surface area contributed by atoms with Crippen LogP contribution in [0.5, 0.6) is 0 Å². The van der Waals surface area contributed by atoms with Gasteiger partial charge in [-0.3, -0.25) is 9.59 Å². The Bertz CT molecular complexity index is 557. The van der Waals surface area contributed by atoms with Crippen molar-refractivity contribution in [3.8, 4) is 0 Å². The molecule has 172 valence electrons. The van der Waals surface area contributed by atoms with Crippen molar-refractivity contribution in [2.45, 2.75) is 73.6 Å². The van der Waals surface area contributed by atoms with Gasteiger partial charge in [-0.15, -0.1) is 0 Å². The molecule has 1 rings (SSSR count). The lowest BCUT2D eigenvalue weighted by Gasteiger charge is -2.21. The van der Waals surface area contributed by atoms with Crippen LogP contribution in [0.15, 0.2) is 42.6 Å². The quantitative estimate of drug-likeness (QED) is 0.443. The van der Waals surface area contributed by atoms with Crippen molar-refractivity contribution >= 4 is 18.0 Å². The molecule has 30 heavy (non-hydrogen) atoms. The van der Waals surface area contributed by atoms with E-state index in [2.05, 4.69) is 46.5 Å². The van der Waals surface area contributed by atoms with Gasteiger partial charge < -0.3 is 16.0 Å². The van der Waals surface area contributed by atoms with Gasteiger partial charge in [-0.05, 0) is 36.8 Å². The number of carbonyl (C=O) groups excluding carboxylic acids is 2. The van der Waals surface area contributed by atoms with Crippen LogP contribution in [0, 0.1) is 11.8 Å². The number of rotatable bonds is 11. The Balaban J connectivity index is 0. The summed E-state index contributed by atoms with van der Waals surface area (Å²) >= 11 is 0. The molecule has 0 saturated carbocycles. The second-order valence-corrected chi connectivity index (χ2v) is 8.30. The van der Waals surface area contributed by atoms with Crippen LogP contribution in [-0.2, 0) is 9.59 Å². The summed E-state index contributed by atoms with van der Waals surface area (Å²) < 4.78 is 0. The fraction of sp³-hybridized carbons (Fsp3) is 0.600. The van der Waals surface area contributed by atoms with E-state index in [1.165, 1.54) is 19.3 Å². The summed E-state index contributed by atoms with van der Waals surface area (Å²) in [6.45, 7) is 17.6. The zero-order chi connectivity index (χ0) is 23.4. The summed E-state index contributed by atoms with van der Waals surface area (Å²) in [6, 6.07) is 9.29. The maximum atomic E-state index is 11.2. The van der Waals surface area contributed by atoms with Gasteiger partial charge in [0.15, 0.2) is 0 Å². The van der Waals surface area contributed by atoms with E-state index in [0.717, 1.165) is 31.0 Å². The number of nitrogens with zero attached hydrogens (tertiary/aromatic N) is 1. The fourth-order valence-electron chi connectivity index (χ4n) is 2.50. The van der Waals surface area contributed by atoms with Crippen LogP contribution >= 0.6 is 0 Å².